The molecular weight excluding hydrogens is 216 g/mol. The highest BCUT2D eigenvalue weighted by atomic mass is 16.3. The van der Waals surface area contributed by atoms with Gasteiger partial charge in [-0.05, 0) is 26.0 Å². The lowest BCUT2D eigenvalue weighted by atomic mass is 10.3. The number of aryl methyl sites for hydroxylation is 2. The van der Waals surface area contributed by atoms with Crippen LogP contribution in [-0.2, 0) is 13.1 Å². The van der Waals surface area contributed by atoms with Crippen molar-refractivity contribution in [1.82, 2.24) is 14.8 Å². The maximum atomic E-state index is 9.64. The quantitative estimate of drug-likeness (QED) is 0.845. The third-order valence-corrected chi connectivity index (χ3v) is 2.51. The normalized spacial score (nSPS) is 10.5. The Labute approximate surface area is 100 Å². The van der Waals surface area contributed by atoms with Crippen LogP contribution in [0, 0.1) is 6.92 Å². The monoisotopic (exact) mass is 232 g/mol. The van der Waals surface area contributed by atoms with Gasteiger partial charge in [0.1, 0.15) is 11.4 Å². The van der Waals surface area contributed by atoms with Gasteiger partial charge in [-0.15, -0.1) is 0 Å². The van der Waals surface area contributed by atoms with Crippen LogP contribution in [0.4, 0.5) is 5.69 Å². The molecule has 0 aliphatic rings. The molecule has 0 spiro atoms. The molecule has 2 rings (SSSR count). The highest BCUT2D eigenvalue weighted by Gasteiger charge is 2.03. The van der Waals surface area contributed by atoms with Crippen molar-refractivity contribution in [2.45, 2.75) is 26.9 Å². The zero-order chi connectivity index (χ0) is 12.3. The zero-order valence-electron chi connectivity index (χ0n) is 10.0. The number of nitrogens with zero attached hydrogens (tertiary/aromatic N) is 3. The fourth-order valence-corrected chi connectivity index (χ4v) is 1.55. The van der Waals surface area contributed by atoms with Crippen molar-refractivity contribution in [3.8, 4) is 5.75 Å². The van der Waals surface area contributed by atoms with E-state index in [-0.39, 0.29) is 5.75 Å². The lowest BCUT2D eigenvalue weighted by molar-refractivity contribution is 0.464. The molecule has 0 aliphatic carbocycles. The number of aromatic hydroxyl groups is 1. The second-order valence-electron chi connectivity index (χ2n) is 3.86. The summed E-state index contributed by atoms with van der Waals surface area (Å²) in [5, 5.41) is 17.0. The van der Waals surface area contributed by atoms with Crippen molar-refractivity contribution in [2.75, 3.05) is 5.32 Å². The van der Waals surface area contributed by atoms with E-state index in [0.717, 1.165) is 17.9 Å². The fraction of sp³-hybridized carbons (Fsp3) is 0.333. The smallest absolute Gasteiger partial charge is 0.138 e. The number of anilines is 1. The number of hydrogen-bond donors (Lipinski definition) is 2. The van der Waals surface area contributed by atoms with Gasteiger partial charge in [-0.25, -0.2) is 0 Å². The molecule has 0 saturated heterocycles. The van der Waals surface area contributed by atoms with E-state index in [1.165, 1.54) is 0 Å². The van der Waals surface area contributed by atoms with E-state index in [2.05, 4.69) is 15.4 Å². The molecular formula is C12H16N4O. The molecule has 2 aromatic rings. The molecule has 90 valence electrons. The molecule has 0 unspecified atom stereocenters. The summed E-state index contributed by atoms with van der Waals surface area (Å²) < 4.78 is 1.84. The second-order valence-corrected chi connectivity index (χ2v) is 3.86. The topological polar surface area (TPSA) is 63.0 Å². The Hall–Kier alpha value is -2.04. The SMILES string of the molecule is CCn1cc(NCc2nc(C)ccc2O)cn1. The summed E-state index contributed by atoms with van der Waals surface area (Å²) in [6.07, 6.45) is 3.68. The van der Waals surface area contributed by atoms with Crippen LogP contribution in [0.2, 0.25) is 0 Å². The summed E-state index contributed by atoms with van der Waals surface area (Å²) in [7, 11) is 0. The molecule has 0 aromatic carbocycles. The van der Waals surface area contributed by atoms with Gasteiger partial charge in [-0.1, -0.05) is 0 Å². The molecule has 17 heavy (non-hydrogen) atoms. The molecule has 0 radical (unpaired) electrons. The van der Waals surface area contributed by atoms with Crippen LogP contribution in [-0.4, -0.2) is 19.9 Å². The predicted octanol–water partition coefficient (Wildman–Crippen LogP) is 1.92. The molecule has 0 atom stereocenters. The minimum absolute atomic E-state index is 0.214. The summed E-state index contributed by atoms with van der Waals surface area (Å²) >= 11 is 0. The Morgan fingerprint density at radius 3 is 2.94 bits per heavy atom. The number of pyridine rings is 1. The van der Waals surface area contributed by atoms with Gasteiger partial charge in [0, 0.05) is 18.4 Å². The number of nitrogens with one attached hydrogen (secondary N) is 1. The second kappa shape index (κ2) is 4.86. The number of hydrogen-bond acceptors (Lipinski definition) is 4. The Morgan fingerprint density at radius 2 is 2.24 bits per heavy atom. The highest BCUT2D eigenvalue weighted by Crippen LogP contribution is 2.16. The van der Waals surface area contributed by atoms with E-state index in [9.17, 15) is 5.11 Å². The molecule has 5 heteroatoms. The van der Waals surface area contributed by atoms with E-state index in [0.29, 0.717) is 12.2 Å². The maximum Gasteiger partial charge on any atom is 0.138 e. The zero-order valence-corrected chi connectivity index (χ0v) is 10.0. The minimum Gasteiger partial charge on any atom is -0.506 e. The van der Waals surface area contributed by atoms with Crippen molar-refractivity contribution in [3.63, 3.8) is 0 Å². The van der Waals surface area contributed by atoms with Crippen molar-refractivity contribution < 1.29 is 5.11 Å². The van der Waals surface area contributed by atoms with Gasteiger partial charge < -0.3 is 10.4 Å². The highest BCUT2D eigenvalue weighted by molar-refractivity contribution is 5.40. The molecule has 0 bridgehead atoms. The van der Waals surface area contributed by atoms with Gasteiger partial charge in [0.15, 0.2) is 0 Å². The Bertz CT molecular complexity index is 507. The van der Waals surface area contributed by atoms with Gasteiger partial charge in [0.2, 0.25) is 0 Å². The van der Waals surface area contributed by atoms with E-state index >= 15 is 0 Å². The van der Waals surface area contributed by atoms with Gasteiger partial charge >= 0.3 is 0 Å². The lowest BCUT2D eigenvalue weighted by Gasteiger charge is -2.06. The van der Waals surface area contributed by atoms with Crippen molar-refractivity contribution in [2.24, 2.45) is 0 Å². The van der Waals surface area contributed by atoms with Crippen molar-refractivity contribution >= 4 is 5.69 Å². The van der Waals surface area contributed by atoms with Crippen LogP contribution in [0.3, 0.4) is 0 Å². The van der Waals surface area contributed by atoms with Crippen LogP contribution in [0.5, 0.6) is 5.75 Å². The Kier molecular flexibility index (Phi) is 3.27. The molecule has 2 aromatic heterocycles. The average molecular weight is 232 g/mol. The van der Waals surface area contributed by atoms with Crippen LogP contribution in [0.25, 0.3) is 0 Å². The first kappa shape index (κ1) is 11.4. The minimum atomic E-state index is 0.214. The van der Waals surface area contributed by atoms with E-state index in [1.807, 2.05) is 24.7 Å². The van der Waals surface area contributed by atoms with E-state index < -0.39 is 0 Å². The van der Waals surface area contributed by atoms with Gasteiger partial charge in [0.05, 0.1) is 18.4 Å². The number of aromatic nitrogens is 3. The van der Waals surface area contributed by atoms with Crippen LogP contribution in [0.1, 0.15) is 18.3 Å². The van der Waals surface area contributed by atoms with Gasteiger partial charge in [-0.2, -0.15) is 5.10 Å². The third kappa shape index (κ3) is 2.75. The number of rotatable bonds is 4. The van der Waals surface area contributed by atoms with Crippen molar-refractivity contribution in [1.29, 1.82) is 0 Å². The summed E-state index contributed by atoms with van der Waals surface area (Å²) in [6, 6.07) is 3.45. The first-order valence-corrected chi connectivity index (χ1v) is 5.61. The summed E-state index contributed by atoms with van der Waals surface area (Å²) in [4.78, 5) is 4.28. The molecule has 0 saturated carbocycles. The Balaban J connectivity index is 2.04. The molecule has 5 nitrogen and oxygen atoms in total. The predicted molar refractivity (Wildman–Crippen MR) is 65.9 cm³/mol. The van der Waals surface area contributed by atoms with E-state index in [1.54, 1.807) is 18.3 Å². The Morgan fingerprint density at radius 1 is 1.41 bits per heavy atom. The standard InChI is InChI=1S/C12H16N4O/c1-3-16-8-10(6-14-16)13-7-11-12(17)5-4-9(2)15-11/h4-6,8,13,17H,3,7H2,1-2H3. The summed E-state index contributed by atoms with van der Waals surface area (Å²) in [5.41, 5.74) is 2.47. The summed E-state index contributed by atoms with van der Waals surface area (Å²) in [6.45, 7) is 5.27. The van der Waals surface area contributed by atoms with Crippen LogP contribution in [0.15, 0.2) is 24.5 Å². The molecule has 0 fully saturated rings. The largest absolute Gasteiger partial charge is 0.506 e. The molecule has 2 N–H and O–H groups in total. The molecule has 0 aliphatic heterocycles. The lowest BCUT2D eigenvalue weighted by Crippen LogP contribution is -2.02. The molecule has 2 heterocycles. The average Bonchev–Trinajstić information content (AvgIpc) is 2.78. The first-order valence-electron chi connectivity index (χ1n) is 5.61. The van der Waals surface area contributed by atoms with E-state index in [4.69, 9.17) is 0 Å². The van der Waals surface area contributed by atoms with Crippen LogP contribution >= 0.6 is 0 Å². The third-order valence-electron chi connectivity index (χ3n) is 2.51. The first-order chi connectivity index (χ1) is 8.19. The molecule has 0 amide bonds. The summed E-state index contributed by atoms with van der Waals surface area (Å²) in [5.74, 6) is 0.214. The maximum absolute atomic E-state index is 9.64. The van der Waals surface area contributed by atoms with Gasteiger partial charge in [-0.3, -0.25) is 9.67 Å². The van der Waals surface area contributed by atoms with Gasteiger partial charge in [0.25, 0.3) is 0 Å². The van der Waals surface area contributed by atoms with Crippen molar-refractivity contribution in [3.05, 3.63) is 35.9 Å². The van der Waals surface area contributed by atoms with Crippen LogP contribution < -0.4 is 5.32 Å². The fourth-order valence-electron chi connectivity index (χ4n) is 1.55.